The quantitative estimate of drug-likeness (QED) is 0.838. The molecule has 4 rings (SSSR count). The molecule has 7 heteroatoms. The summed E-state index contributed by atoms with van der Waals surface area (Å²) in [6.07, 6.45) is 1.76. The molecule has 1 aromatic heterocycles. The average Bonchev–Trinajstić information content (AvgIpc) is 3.16. The molecule has 132 valence electrons. The van der Waals surface area contributed by atoms with Gasteiger partial charge in [0.25, 0.3) is 5.91 Å². The molecule has 0 bridgehead atoms. The second-order valence-electron chi connectivity index (χ2n) is 6.79. The van der Waals surface area contributed by atoms with E-state index in [2.05, 4.69) is 10.1 Å². The average molecular weight is 344 g/mol. The van der Waals surface area contributed by atoms with Crippen LogP contribution in [0.4, 0.5) is 4.39 Å². The molecular formula is C18H21FN4O2. The molecule has 1 saturated heterocycles. The monoisotopic (exact) mass is 344 g/mol. The lowest BCUT2D eigenvalue weighted by Gasteiger charge is -2.34. The van der Waals surface area contributed by atoms with E-state index in [4.69, 9.17) is 4.74 Å². The highest BCUT2D eigenvalue weighted by atomic mass is 19.1. The highest BCUT2D eigenvalue weighted by Gasteiger charge is 2.35. The Kier molecular flexibility index (Phi) is 3.94. The zero-order chi connectivity index (χ0) is 17.6. The third-order valence-electron chi connectivity index (χ3n) is 4.93. The van der Waals surface area contributed by atoms with Crippen LogP contribution in [0.1, 0.15) is 36.1 Å². The van der Waals surface area contributed by atoms with Crippen LogP contribution in [0, 0.1) is 19.7 Å². The van der Waals surface area contributed by atoms with Crippen LogP contribution in [0.25, 0.3) is 0 Å². The molecule has 0 unspecified atom stereocenters. The standard InChI is InChI=1S/C18H21FN4O2/c1-11-20-12(2)23(21-11)15-4-3-7-22(10-15)18(24)17-9-13-8-14(19)5-6-16(13)25-17/h5-6,8,15,17H,3-4,7,9-10H2,1-2H3/t15-,17+/m0/s1. The van der Waals surface area contributed by atoms with Crippen molar-refractivity contribution >= 4 is 5.91 Å². The van der Waals surface area contributed by atoms with Crippen molar-refractivity contribution in [1.29, 1.82) is 0 Å². The minimum atomic E-state index is -0.561. The van der Waals surface area contributed by atoms with E-state index in [0.29, 0.717) is 25.3 Å². The molecule has 0 N–H and O–H groups in total. The Bertz CT molecular complexity index is 819. The van der Waals surface area contributed by atoms with E-state index in [9.17, 15) is 9.18 Å². The van der Waals surface area contributed by atoms with Crippen molar-refractivity contribution in [3.8, 4) is 5.75 Å². The number of ether oxygens (including phenoxy) is 1. The van der Waals surface area contributed by atoms with Crippen molar-refractivity contribution in [3.63, 3.8) is 0 Å². The van der Waals surface area contributed by atoms with Crippen LogP contribution in [0.3, 0.4) is 0 Å². The summed E-state index contributed by atoms with van der Waals surface area (Å²) in [5.41, 5.74) is 0.759. The van der Waals surface area contributed by atoms with Crippen molar-refractivity contribution in [2.45, 2.75) is 45.3 Å². The number of aryl methyl sites for hydroxylation is 2. The third kappa shape index (κ3) is 2.99. The normalized spacial score (nSPS) is 22.6. The number of carbonyl (C=O) groups excluding carboxylic acids is 1. The van der Waals surface area contributed by atoms with E-state index in [1.54, 1.807) is 6.07 Å². The molecule has 2 aliphatic rings. The molecule has 2 aromatic rings. The number of halogens is 1. The van der Waals surface area contributed by atoms with Crippen LogP contribution in [0.15, 0.2) is 18.2 Å². The Hall–Kier alpha value is -2.44. The Balaban J connectivity index is 1.47. The highest BCUT2D eigenvalue weighted by Crippen LogP contribution is 2.31. The summed E-state index contributed by atoms with van der Waals surface area (Å²) in [6.45, 7) is 5.13. The first-order chi connectivity index (χ1) is 12.0. The molecule has 0 saturated carbocycles. The number of benzene rings is 1. The van der Waals surface area contributed by atoms with Crippen LogP contribution in [0.5, 0.6) is 5.75 Å². The predicted octanol–water partition coefficient (Wildman–Crippen LogP) is 2.20. The van der Waals surface area contributed by atoms with E-state index < -0.39 is 6.10 Å². The number of nitrogens with zero attached hydrogens (tertiary/aromatic N) is 4. The van der Waals surface area contributed by atoms with Gasteiger partial charge < -0.3 is 9.64 Å². The maximum absolute atomic E-state index is 13.4. The van der Waals surface area contributed by atoms with Crippen LogP contribution in [-0.4, -0.2) is 44.8 Å². The second-order valence-corrected chi connectivity index (χ2v) is 6.79. The number of likely N-dealkylation sites (tertiary alicyclic amines) is 1. The minimum Gasteiger partial charge on any atom is -0.480 e. The van der Waals surface area contributed by atoms with Gasteiger partial charge in [-0.15, -0.1) is 0 Å². The predicted molar refractivity (Wildman–Crippen MR) is 88.9 cm³/mol. The van der Waals surface area contributed by atoms with E-state index in [1.807, 2.05) is 23.4 Å². The Morgan fingerprint density at radius 2 is 2.20 bits per heavy atom. The molecule has 2 atom stereocenters. The number of hydrogen-bond donors (Lipinski definition) is 0. The molecule has 0 spiro atoms. The number of piperidine rings is 1. The fourth-order valence-corrected chi connectivity index (χ4v) is 3.79. The Morgan fingerprint density at radius 3 is 2.96 bits per heavy atom. The molecule has 2 aliphatic heterocycles. The molecule has 6 nitrogen and oxygen atoms in total. The van der Waals surface area contributed by atoms with Crippen molar-refractivity contribution in [2.75, 3.05) is 13.1 Å². The van der Waals surface area contributed by atoms with Crippen molar-refractivity contribution < 1.29 is 13.9 Å². The zero-order valence-corrected chi connectivity index (χ0v) is 14.4. The summed E-state index contributed by atoms with van der Waals surface area (Å²) in [6, 6.07) is 4.54. The van der Waals surface area contributed by atoms with Crippen LogP contribution >= 0.6 is 0 Å². The molecule has 0 aliphatic carbocycles. The van der Waals surface area contributed by atoms with Gasteiger partial charge in [0.2, 0.25) is 0 Å². The third-order valence-corrected chi connectivity index (χ3v) is 4.93. The van der Waals surface area contributed by atoms with Crippen molar-refractivity contribution in [2.24, 2.45) is 0 Å². The van der Waals surface area contributed by atoms with Gasteiger partial charge in [0.15, 0.2) is 6.10 Å². The maximum atomic E-state index is 13.4. The number of carbonyl (C=O) groups is 1. The van der Waals surface area contributed by atoms with Gasteiger partial charge in [-0.1, -0.05) is 0 Å². The lowest BCUT2D eigenvalue weighted by molar-refractivity contribution is -0.139. The number of rotatable bonds is 2. The van der Waals surface area contributed by atoms with Gasteiger partial charge in [-0.3, -0.25) is 4.79 Å². The summed E-state index contributed by atoms with van der Waals surface area (Å²) in [7, 11) is 0. The molecule has 0 radical (unpaired) electrons. The van der Waals surface area contributed by atoms with Gasteiger partial charge in [0, 0.05) is 25.1 Å². The van der Waals surface area contributed by atoms with E-state index in [-0.39, 0.29) is 17.8 Å². The first kappa shape index (κ1) is 16.1. The SMILES string of the molecule is Cc1nc(C)n([C@H]2CCCN(C(=O)[C@H]3Cc4cc(F)ccc4O3)C2)n1. The first-order valence-electron chi connectivity index (χ1n) is 8.65. The van der Waals surface area contributed by atoms with E-state index >= 15 is 0 Å². The fourth-order valence-electron chi connectivity index (χ4n) is 3.79. The number of aromatic nitrogens is 3. The van der Waals surface area contributed by atoms with Crippen molar-refractivity contribution in [1.82, 2.24) is 19.7 Å². The largest absolute Gasteiger partial charge is 0.480 e. The molecular weight excluding hydrogens is 323 g/mol. The number of fused-ring (bicyclic) bond motifs is 1. The maximum Gasteiger partial charge on any atom is 0.264 e. The minimum absolute atomic E-state index is 0.0317. The second kappa shape index (κ2) is 6.13. The fraction of sp³-hybridized carbons (Fsp3) is 0.500. The highest BCUT2D eigenvalue weighted by molar-refractivity contribution is 5.82. The molecule has 1 amide bonds. The molecule has 3 heterocycles. The van der Waals surface area contributed by atoms with Gasteiger partial charge in [-0.2, -0.15) is 5.10 Å². The summed E-state index contributed by atoms with van der Waals surface area (Å²) in [5.74, 6) is 1.90. The number of hydrogen-bond acceptors (Lipinski definition) is 4. The van der Waals surface area contributed by atoms with Crippen molar-refractivity contribution in [3.05, 3.63) is 41.2 Å². The lowest BCUT2D eigenvalue weighted by atomic mass is 10.0. The summed E-state index contributed by atoms with van der Waals surface area (Å²) in [5, 5.41) is 4.46. The zero-order valence-electron chi connectivity index (χ0n) is 14.4. The first-order valence-corrected chi connectivity index (χ1v) is 8.65. The van der Waals surface area contributed by atoms with Gasteiger partial charge in [0.1, 0.15) is 23.2 Å². The van der Waals surface area contributed by atoms with Gasteiger partial charge in [-0.05, 0) is 44.9 Å². The summed E-state index contributed by atoms with van der Waals surface area (Å²) in [4.78, 5) is 19.1. The van der Waals surface area contributed by atoms with Crippen LogP contribution < -0.4 is 4.74 Å². The molecule has 1 fully saturated rings. The van der Waals surface area contributed by atoms with E-state index in [0.717, 1.165) is 30.1 Å². The Labute approximate surface area is 145 Å². The molecule has 25 heavy (non-hydrogen) atoms. The van der Waals surface area contributed by atoms with Crippen LogP contribution in [0.2, 0.25) is 0 Å². The topological polar surface area (TPSA) is 60.2 Å². The van der Waals surface area contributed by atoms with Gasteiger partial charge in [-0.25, -0.2) is 14.1 Å². The summed E-state index contributed by atoms with van der Waals surface area (Å²) >= 11 is 0. The van der Waals surface area contributed by atoms with Gasteiger partial charge in [0.05, 0.1) is 6.04 Å². The molecule has 1 aromatic carbocycles. The van der Waals surface area contributed by atoms with E-state index in [1.165, 1.54) is 12.1 Å². The lowest BCUT2D eigenvalue weighted by Crippen LogP contribution is -2.47. The van der Waals surface area contributed by atoms with Crippen LogP contribution in [-0.2, 0) is 11.2 Å². The number of amides is 1. The smallest absolute Gasteiger partial charge is 0.264 e. The summed E-state index contributed by atoms with van der Waals surface area (Å²) < 4.78 is 21.0. The Morgan fingerprint density at radius 1 is 1.36 bits per heavy atom. The van der Waals surface area contributed by atoms with Gasteiger partial charge >= 0.3 is 0 Å².